The van der Waals surface area contributed by atoms with Crippen LogP contribution in [0.2, 0.25) is 0 Å². The van der Waals surface area contributed by atoms with E-state index in [1.54, 1.807) is 12.1 Å². The molecule has 1 aromatic carbocycles. The number of aromatic nitrogens is 2. The summed E-state index contributed by atoms with van der Waals surface area (Å²) in [7, 11) is 1.49. The van der Waals surface area contributed by atoms with Gasteiger partial charge in [0.15, 0.2) is 6.61 Å². The molecule has 0 aliphatic heterocycles. The zero-order valence-corrected chi connectivity index (χ0v) is 15.4. The molecule has 2 rings (SSSR count). The van der Waals surface area contributed by atoms with Gasteiger partial charge in [0, 0.05) is 18.9 Å². The summed E-state index contributed by atoms with van der Waals surface area (Å²) in [5, 5.41) is 0. The van der Waals surface area contributed by atoms with Crippen LogP contribution in [0.1, 0.15) is 25.0 Å². The van der Waals surface area contributed by atoms with Crippen molar-refractivity contribution in [2.45, 2.75) is 32.6 Å². The van der Waals surface area contributed by atoms with Crippen molar-refractivity contribution in [1.82, 2.24) is 9.97 Å². The van der Waals surface area contributed by atoms with Crippen LogP contribution in [0.15, 0.2) is 30.5 Å². The molecule has 0 amide bonds. The van der Waals surface area contributed by atoms with E-state index < -0.39 is 30.4 Å². The van der Waals surface area contributed by atoms with Gasteiger partial charge in [-0.1, -0.05) is 26.0 Å². The number of benzene rings is 1. The summed E-state index contributed by atoms with van der Waals surface area (Å²) in [6.07, 6.45) is -8.48. The first-order valence-electron chi connectivity index (χ1n) is 8.33. The molecule has 0 aliphatic rings. The highest BCUT2D eigenvalue weighted by Gasteiger charge is 2.38. The van der Waals surface area contributed by atoms with E-state index in [1.165, 1.54) is 11.9 Å². The van der Waals surface area contributed by atoms with Crippen LogP contribution in [0.4, 0.5) is 38.0 Å². The lowest BCUT2D eigenvalue weighted by Gasteiger charge is -2.20. The van der Waals surface area contributed by atoms with Gasteiger partial charge in [-0.2, -0.15) is 31.3 Å². The Morgan fingerprint density at radius 1 is 1.04 bits per heavy atom. The Labute approximate surface area is 158 Å². The Balaban J connectivity index is 2.31. The third-order valence-electron chi connectivity index (χ3n) is 3.69. The number of alkyl halides is 6. The molecule has 28 heavy (non-hydrogen) atoms. The Kier molecular flexibility index (Phi) is 6.41. The number of anilines is 2. The monoisotopic (exact) mass is 407 g/mol. The Bertz CT molecular complexity index is 787. The fraction of sp³-hybridized carbons (Fsp3) is 0.444. The molecule has 0 N–H and O–H groups in total. The number of halogens is 6. The highest BCUT2D eigenvalue weighted by molar-refractivity contribution is 5.57. The molecular formula is C18H19F6N3O. The molecule has 0 aliphatic carbocycles. The fourth-order valence-corrected chi connectivity index (χ4v) is 2.42. The summed E-state index contributed by atoms with van der Waals surface area (Å²) < 4.78 is 80.4. The third-order valence-corrected chi connectivity index (χ3v) is 3.69. The van der Waals surface area contributed by atoms with Crippen LogP contribution in [0, 0.1) is 5.92 Å². The van der Waals surface area contributed by atoms with Crippen LogP contribution in [-0.2, 0) is 12.6 Å². The van der Waals surface area contributed by atoms with Crippen LogP contribution in [0.5, 0.6) is 5.88 Å². The van der Waals surface area contributed by atoms with Gasteiger partial charge in [0.2, 0.25) is 11.8 Å². The van der Waals surface area contributed by atoms with Crippen molar-refractivity contribution < 1.29 is 31.1 Å². The zero-order valence-electron chi connectivity index (χ0n) is 15.4. The van der Waals surface area contributed by atoms with Crippen molar-refractivity contribution in [3.63, 3.8) is 0 Å². The summed E-state index contributed by atoms with van der Waals surface area (Å²) in [4.78, 5) is 8.55. The quantitative estimate of drug-likeness (QED) is 0.601. The predicted octanol–water partition coefficient (Wildman–Crippen LogP) is 5.40. The van der Waals surface area contributed by atoms with Gasteiger partial charge in [0.25, 0.3) is 0 Å². The maximum atomic E-state index is 13.0. The van der Waals surface area contributed by atoms with E-state index >= 15 is 0 Å². The molecule has 2 aromatic rings. The first kappa shape index (κ1) is 21.8. The standard InChI is InChI=1S/C18H19F6N3O/c1-11(2)8-12-4-6-13(7-5-12)27(3)16-25-9-14(18(22,23)24)15(26-16)28-10-17(19,20)21/h4-7,9,11H,8,10H2,1-3H3. The largest absolute Gasteiger partial charge is 0.467 e. The summed E-state index contributed by atoms with van der Waals surface area (Å²) in [5.41, 5.74) is 0.171. The first-order valence-corrected chi connectivity index (χ1v) is 8.33. The van der Waals surface area contributed by atoms with Crippen LogP contribution in [0.3, 0.4) is 0 Å². The molecular weight excluding hydrogens is 388 g/mol. The SMILES string of the molecule is CC(C)Cc1ccc(N(C)c2ncc(C(F)(F)F)c(OCC(F)(F)F)n2)cc1. The molecule has 0 fully saturated rings. The summed E-state index contributed by atoms with van der Waals surface area (Å²) in [5.74, 6) is -0.935. The van der Waals surface area contributed by atoms with Crippen molar-refractivity contribution in [1.29, 1.82) is 0 Å². The summed E-state index contributed by atoms with van der Waals surface area (Å²) in [6, 6.07) is 7.18. The molecule has 0 bridgehead atoms. The Morgan fingerprint density at radius 3 is 2.14 bits per heavy atom. The second-order valence-corrected chi connectivity index (χ2v) is 6.61. The Morgan fingerprint density at radius 2 is 1.64 bits per heavy atom. The number of rotatable bonds is 6. The van der Waals surface area contributed by atoms with Gasteiger partial charge in [-0.3, -0.25) is 0 Å². The van der Waals surface area contributed by atoms with Crippen molar-refractivity contribution in [2.24, 2.45) is 5.92 Å². The number of hydrogen-bond acceptors (Lipinski definition) is 4. The predicted molar refractivity (Wildman–Crippen MR) is 91.6 cm³/mol. The molecule has 154 valence electrons. The normalized spacial score (nSPS) is 12.4. The van der Waals surface area contributed by atoms with Crippen LogP contribution in [-0.4, -0.2) is 29.8 Å². The minimum Gasteiger partial charge on any atom is -0.467 e. The van der Waals surface area contributed by atoms with Gasteiger partial charge in [-0.25, -0.2) is 4.98 Å². The molecule has 0 saturated heterocycles. The lowest BCUT2D eigenvalue weighted by molar-refractivity contribution is -0.159. The van der Waals surface area contributed by atoms with Crippen LogP contribution < -0.4 is 9.64 Å². The van der Waals surface area contributed by atoms with Crippen molar-refractivity contribution >= 4 is 11.6 Å². The van der Waals surface area contributed by atoms with E-state index in [2.05, 4.69) is 28.6 Å². The van der Waals surface area contributed by atoms with Gasteiger partial charge >= 0.3 is 12.4 Å². The topological polar surface area (TPSA) is 38.2 Å². The maximum absolute atomic E-state index is 13.0. The molecule has 0 atom stereocenters. The number of nitrogens with zero attached hydrogens (tertiary/aromatic N) is 3. The van der Waals surface area contributed by atoms with E-state index in [1.807, 2.05) is 12.1 Å². The lowest BCUT2D eigenvalue weighted by Crippen LogP contribution is -2.23. The smallest absolute Gasteiger partial charge is 0.423 e. The van der Waals surface area contributed by atoms with E-state index in [0.717, 1.165) is 12.0 Å². The average molecular weight is 407 g/mol. The number of hydrogen-bond donors (Lipinski definition) is 0. The van der Waals surface area contributed by atoms with Gasteiger partial charge in [-0.15, -0.1) is 0 Å². The molecule has 0 unspecified atom stereocenters. The zero-order chi connectivity index (χ0) is 21.1. The van der Waals surface area contributed by atoms with E-state index in [4.69, 9.17) is 0 Å². The minimum absolute atomic E-state index is 0.221. The van der Waals surface area contributed by atoms with E-state index in [-0.39, 0.29) is 5.95 Å². The first-order chi connectivity index (χ1) is 12.9. The van der Waals surface area contributed by atoms with Gasteiger partial charge in [0.1, 0.15) is 5.56 Å². The minimum atomic E-state index is -4.95. The summed E-state index contributed by atoms with van der Waals surface area (Å²) in [6.45, 7) is 2.25. The average Bonchev–Trinajstić information content (AvgIpc) is 2.58. The number of ether oxygens (including phenoxy) is 1. The highest BCUT2D eigenvalue weighted by atomic mass is 19.4. The van der Waals surface area contributed by atoms with Gasteiger partial charge in [0.05, 0.1) is 0 Å². The highest BCUT2D eigenvalue weighted by Crippen LogP contribution is 2.36. The van der Waals surface area contributed by atoms with Gasteiger partial charge in [-0.05, 0) is 30.0 Å². The fourth-order valence-electron chi connectivity index (χ4n) is 2.42. The van der Waals surface area contributed by atoms with Crippen LogP contribution in [0.25, 0.3) is 0 Å². The van der Waals surface area contributed by atoms with E-state index in [9.17, 15) is 26.3 Å². The van der Waals surface area contributed by atoms with Crippen molar-refractivity contribution in [3.05, 3.63) is 41.6 Å². The molecule has 1 aromatic heterocycles. The third kappa shape index (κ3) is 6.00. The molecule has 4 nitrogen and oxygen atoms in total. The molecule has 1 heterocycles. The maximum Gasteiger partial charge on any atom is 0.423 e. The second kappa shape index (κ2) is 8.24. The lowest BCUT2D eigenvalue weighted by atomic mass is 10.0. The van der Waals surface area contributed by atoms with E-state index in [0.29, 0.717) is 17.8 Å². The Hall–Kier alpha value is -2.52. The van der Waals surface area contributed by atoms with Crippen LogP contribution >= 0.6 is 0 Å². The second-order valence-electron chi connectivity index (χ2n) is 6.61. The van der Waals surface area contributed by atoms with Crippen molar-refractivity contribution in [3.8, 4) is 5.88 Å². The molecule has 0 saturated carbocycles. The van der Waals surface area contributed by atoms with Gasteiger partial charge < -0.3 is 9.64 Å². The molecule has 0 radical (unpaired) electrons. The van der Waals surface area contributed by atoms with Crippen molar-refractivity contribution in [2.75, 3.05) is 18.6 Å². The summed E-state index contributed by atoms with van der Waals surface area (Å²) >= 11 is 0. The molecule has 0 spiro atoms. The molecule has 10 heteroatoms.